The third kappa shape index (κ3) is 46.0. The van der Waals surface area contributed by atoms with E-state index in [-0.39, 0.29) is 13.0 Å². The largest absolute Gasteiger partial charge is 0.480 e. The van der Waals surface area contributed by atoms with Gasteiger partial charge in [0.1, 0.15) is 12.1 Å². The number of unbranched alkanes of at least 4 members (excludes halogenated alkanes) is 28. The van der Waals surface area contributed by atoms with Gasteiger partial charge in [-0.25, -0.2) is 4.57 Å². The van der Waals surface area contributed by atoms with Crippen LogP contribution in [0.1, 0.15) is 232 Å². The van der Waals surface area contributed by atoms with Crippen molar-refractivity contribution in [1.29, 1.82) is 0 Å². The van der Waals surface area contributed by atoms with E-state index in [1.54, 1.807) is 0 Å². The average Bonchev–Trinajstić information content (AvgIpc) is 3.24. The van der Waals surface area contributed by atoms with Crippen molar-refractivity contribution in [2.24, 2.45) is 5.73 Å². The molecule has 0 bridgehead atoms. The van der Waals surface area contributed by atoms with Crippen LogP contribution in [0.25, 0.3) is 0 Å². The molecule has 11 heteroatoms. The van der Waals surface area contributed by atoms with Gasteiger partial charge in [-0.05, 0) is 70.6 Å². The molecular formula is C50H94NO9P. The summed E-state index contributed by atoms with van der Waals surface area (Å²) in [5.74, 6) is -1.78. The lowest BCUT2D eigenvalue weighted by Crippen LogP contribution is -2.34. The molecule has 0 fully saturated rings. The van der Waals surface area contributed by atoms with E-state index in [1.165, 1.54) is 154 Å². The van der Waals surface area contributed by atoms with Gasteiger partial charge in [-0.15, -0.1) is 0 Å². The van der Waals surface area contributed by atoms with E-state index in [0.717, 1.165) is 51.4 Å². The van der Waals surface area contributed by atoms with Crippen LogP contribution in [0.2, 0.25) is 0 Å². The summed E-state index contributed by atoms with van der Waals surface area (Å²) < 4.78 is 33.5. The van der Waals surface area contributed by atoms with Crippen molar-refractivity contribution in [2.75, 3.05) is 26.4 Å². The second kappa shape index (κ2) is 46.2. The standard InChI is InChI=1S/C50H94NO9P/c1-3-5-7-9-11-13-15-17-19-21-22-23-24-25-27-29-31-33-35-37-39-41-43-57-44-47(45-58-61(55,56)59-46-48(51)50(53)54)60-49(52)42-40-38-36-34-32-30-28-26-20-18-16-14-12-10-8-6-4-2/h15,17-18,20-22,47-48H,3-14,16,19,23-46,51H2,1-2H3,(H,53,54)(H,55,56)/b17-15-,20-18-,22-21-. The van der Waals surface area contributed by atoms with Gasteiger partial charge in [-0.1, -0.05) is 192 Å². The molecule has 0 aromatic rings. The lowest BCUT2D eigenvalue weighted by atomic mass is 10.1. The highest BCUT2D eigenvalue weighted by Gasteiger charge is 2.27. The van der Waals surface area contributed by atoms with E-state index in [1.807, 2.05) is 0 Å². The molecule has 3 unspecified atom stereocenters. The summed E-state index contributed by atoms with van der Waals surface area (Å²) in [6.45, 7) is 3.88. The number of phosphoric ester groups is 1. The molecule has 4 N–H and O–H groups in total. The Morgan fingerprint density at radius 3 is 1.34 bits per heavy atom. The van der Waals surface area contributed by atoms with E-state index >= 15 is 0 Å². The number of hydrogen-bond acceptors (Lipinski definition) is 8. The van der Waals surface area contributed by atoms with Gasteiger partial charge >= 0.3 is 19.8 Å². The minimum Gasteiger partial charge on any atom is -0.480 e. The van der Waals surface area contributed by atoms with Gasteiger partial charge < -0.3 is 25.2 Å². The van der Waals surface area contributed by atoms with Crippen molar-refractivity contribution in [3.63, 3.8) is 0 Å². The molecule has 10 nitrogen and oxygen atoms in total. The van der Waals surface area contributed by atoms with Gasteiger partial charge in [0, 0.05) is 13.0 Å². The Labute approximate surface area is 374 Å². The van der Waals surface area contributed by atoms with Crippen LogP contribution in [0.15, 0.2) is 36.5 Å². The summed E-state index contributed by atoms with van der Waals surface area (Å²) in [5.41, 5.74) is 5.37. The molecule has 0 saturated carbocycles. The molecule has 0 radical (unpaired) electrons. The quantitative estimate of drug-likeness (QED) is 0.0233. The number of carbonyl (C=O) groups is 2. The molecule has 61 heavy (non-hydrogen) atoms. The number of phosphoric acid groups is 1. The average molecular weight is 884 g/mol. The second-order valence-corrected chi connectivity index (χ2v) is 18.4. The Balaban J connectivity index is 4.15. The monoisotopic (exact) mass is 884 g/mol. The summed E-state index contributed by atoms with van der Waals surface area (Å²) in [6.07, 6.45) is 53.4. The number of rotatable bonds is 48. The number of hydrogen-bond donors (Lipinski definition) is 3. The number of allylic oxidation sites excluding steroid dienone is 6. The Bertz CT molecular complexity index is 1110. The molecule has 0 aliphatic rings. The van der Waals surface area contributed by atoms with Gasteiger partial charge in [0.05, 0.1) is 19.8 Å². The fraction of sp³-hybridized carbons (Fsp3) is 0.840. The van der Waals surface area contributed by atoms with Gasteiger partial charge in [0.15, 0.2) is 0 Å². The van der Waals surface area contributed by atoms with E-state index in [2.05, 4.69) is 50.3 Å². The van der Waals surface area contributed by atoms with Crippen molar-refractivity contribution in [1.82, 2.24) is 0 Å². The first kappa shape index (κ1) is 59.2. The lowest BCUT2D eigenvalue weighted by Gasteiger charge is -2.20. The first-order valence-electron chi connectivity index (χ1n) is 25.0. The third-order valence-electron chi connectivity index (χ3n) is 10.9. The van der Waals surface area contributed by atoms with Crippen molar-refractivity contribution in [2.45, 2.75) is 244 Å². The SMILES string of the molecule is CCCCCCC/C=C\C/C=C\CCCCCCCCCCCCOCC(COP(=O)(O)OCC(N)C(=O)O)OC(=O)CCCCCCCCC/C=C\CCCCCCCC. The number of carboxylic acids is 1. The highest BCUT2D eigenvalue weighted by molar-refractivity contribution is 7.47. The fourth-order valence-electron chi connectivity index (χ4n) is 6.98. The van der Waals surface area contributed by atoms with Crippen molar-refractivity contribution in [3.05, 3.63) is 36.5 Å². The normalized spacial score (nSPS) is 14.0. The summed E-state index contributed by atoms with van der Waals surface area (Å²) in [5, 5.41) is 8.92. The van der Waals surface area contributed by atoms with Gasteiger partial charge in [0.2, 0.25) is 0 Å². The van der Waals surface area contributed by atoms with Crippen molar-refractivity contribution < 1.29 is 42.7 Å². The zero-order valence-corrected chi connectivity index (χ0v) is 40.2. The molecule has 0 aromatic heterocycles. The summed E-state index contributed by atoms with van der Waals surface area (Å²) in [7, 11) is -4.62. The van der Waals surface area contributed by atoms with E-state index in [0.29, 0.717) is 13.0 Å². The minimum atomic E-state index is -4.62. The molecule has 358 valence electrons. The maximum absolute atomic E-state index is 12.7. The van der Waals surface area contributed by atoms with Crippen LogP contribution < -0.4 is 5.73 Å². The Morgan fingerprint density at radius 2 is 0.902 bits per heavy atom. The maximum atomic E-state index is 12.7. The second-order valence-electron chi connectivity index (χ2n) is 16.9. The topological polar surface area (TPSA) is 155 Å². The predicted octanol–water partition coefficient (Wildman–Crippen LogP) is 14.4. The molecule has 3 atom stereocenters. The Kier molecular flexibility index (Phi) is 44.8. The molecule has 0 heterocycles. The Morgan fingerprint density at radius 1 is 0.525 bits per heavy atom. The molecule has 0 rings (SSSR count). The summed E-state index contributed by atoms with van der Waals surface area (Å²) in [6, 6.07) is -1.47. The molecule has 0 aliphatic carbocycles. The predicted molar refractivity (Wildman–Crippen MR) is 254 cm³/mol. The van der Waals surface area contributed by atoms with E-state index in [9.17, 15) is 19.0 Å². The highest BCUT2D eigenvalue weighted by Crippen LogP contribution is 2.43. The molecule has 0 aromatic carbocycles. The first-order chi connectivity index (χ1) is 29.7. The van der Waals surface area contributed by atoms with Crippen LogP contribution in [0.5, 0.6) is 0 Å². The summed E-state index contributed by atoms with van der Waals surface area (Å²) in [4.78, 5) is 33.6. The molecule has 0 spiro atoms. The van der Waals surface area contributed by atoms with E-state index in [4.69, 9.17) is 29.4 Å². The van der Waals surface area contributed by atoms with Gasteiger partial charge in [0.25, 0.3) is 0 Å². The van der Waals surface area contributed by atoms with Crippen LogP contribution in [-0.2, 0) is 32.7 Å². The maximum Gasteiger partial charge on any atom is 0.472 e. The van der Waals surface area contributed by atoms with E-state index < -0.39 is 45.1 Å². The smallest absolute Gasteiger partial charge is 0.472 e. The van der Waals surface area contributed by atoms with Crippen LogP contribution in [0.3, 0.4) is 0 Å². The van der Waals surface area contributed by atoms with Crippen molar-refractivity contribution >= 4 is 19.8 Å². The zero-order valence-electron chi connectivity index (χ0n) is 39.3. The highest BCUT2D eigenvalue weighted by atomic mass is 31.2. The van der Waals surface area contributed by atoms with Gasteiger partial charge in [-0.3, -0.25) is 18.6 Å². The molecule has 0 saturated heterocycles. The number of carbonyl (C=O) groups excluding carboxylic acids is 1. The van der Waals surface area contributed by atoms with Crippen LogP contribution in [-0.4, -0.2) is 60.5 Å². The summed E-state index contributed by atoms with van der Waals surface area (Å²) >= 11 is 0. The molecular weight excluding hydrogens is 790 g/mol. The number of nitrogens with two attached hydrogens (primary N) is 1. The minimum absolute atomic E-state index is 0.0146. The third-order valence-corrected chi connectivity index (χ3v) is 11.8. The van der Waals surface area contributed by atoms with Gasteiger partial charge in [-0.2, -0.15) is 0 Å². The fourth-order valence-corrected chi connectivity index (χ4v) is 7.76. The molecule has 0 aliphatic heterocycles. The van der Waals surface area contributed by atoms with Crippen LogP contribution in [0.4, 0.5) is 0 Å². The van der Waals surface area contributed by atoms with Crippen LogP contribution >= 0.6 is 7.82 Å². The molecule has 0 amide bonds. The Hall–Kier alpha value is -1.81. The number of carboxylic acid groups (broad SMARTS) is 1. The number of ether oxygens (including phenoxy) is 2. The van der Waals surface area contributed by atoms with Crippen molar-refractivity contribution in [3.8, 4) is 0 Å². The zero-order chi connectivity index (χ0) is 44.8. The number of esters is 1. The first-order valence-corrected chi connectivity index (χ1v) is 26.5. The number of aliphatic carboxylic acids is 1. The lowest BCUT2D eigenvalue weighted by molar-refractivity contribution is -0.154. The van der Waals surface area contributed by atoms with Crippen LogP contribution in [0, 0.1) is 0 Å².